The minimum atomic E-state index is -4.42. The SMILES string of the molecule is C=C(Nc1cc(C(F)(F)F)ccn1)Oc1ccccc1. The number of aromatic nitrogens is 1. The second kappa shape index (κ2) is 5.64. The number of para-hydroxylation sites is 1. The fourth-order valence-corrected chi connectivity index (χ4v) is 1.47. The Kier molecular flexibility index (Phi) is 3.93. The van der Waals surface area contributed by atoms with Gasteiger partial charge < -0.3 is 10.1 Å². The number of rotatable bonds is 4. The first kappa shape index (κ1) is 13.9. The summed E-state index contributed by atoms with van der Waals surface area (Å²) in [6.45, 7) is 3.58. The summed E-state index contributed by atoms with van der Waals surface area (Å²) in [5.41, 5.74) is -0.789. The molecule has 1 N–H and O–H groups in total. The topological polar surface area (TPSA) is 34.2 Å². The zero-order valence-electron chi connectivity index (χ0n) is 10.3. The second-order valence-electron chi connectivity index (χ2n) is 3.89. The molecule has 1 aromatic heterocycles. The number of hydrogen-bond acceptors (Lipinski definition) is 3. The summed E-state index contributed by atoms with van der Waals surface area (Å²) in [5.74, 6) is 0.626. The van der Waals surface area contributed by atoms with Crippen molar-refractivity contribution in [3.8, 4) is 5.75 Å². The summed E-state index contributed by atoms with van der Waals surface area (Å²) in [4.78, 5) is 3.78. The van der Waals surface area contributed by atoms with E-state index >= 15 is 0 Å². The number of nitrogens with zero attached hydrogens (tertiary/aromatic N) is 1. The van der Waals surface area contributed by atoms with Crippen LogP contribution < -0.4 is 10.1 Å². The largest absolute Gasteiger partial charge is 0.442 e. The van der Waals surface area contributed by atoms with Crippen LogP contribution in [0.1, 0.15) is 5.56 Å². The normalized spacial score (nSPS) is 10.9. The van der Waals surface area contributed by atoms with Crippen LogP contribution >= 0.6 is 0 Å². The predicted molar refractivity (Wildman–Crippen MR) is 69.1 cm³/mol. The van der Waals surface area contributed by atoms with Crippen LogP contribution in [0, 0.1) is 0 Å². The van der Waals surface area contributed by atoms with Gasteiger partial charge in [0, 0.05) is 6.20 Å². The molecule has 0 unspecified atom stereocenters. The molecular formula is C14H11F3N2O. The molecule has 0 atom stereocenters. The quantitative estimate of drug-likeness (QED) is 0.857. The van der Waals surface area contributed by atoms with E-state index in [-0.39, 0.29) is 11.7 Å². The van der Waals surface area contributed by atoms with Crippen LogP contribution in [-0.2, 0) is 6.18 Å². The van der Waals surface area contributed by atoms with Gasteiger partial charge in [0.2, 0.25) is 0 Å². The van der Waals surface area contributed by atoms with Gasteiger partial charge in [0.1, 0.15) is 11.6 Å². The van der Waals surface area contributed by atoms with E-state index in [1.165, 1.54) is 0 Å². The minimum Gasteiger partial charge on any atom is -0.442 e. The van der Waals surface area contributed by atoms with Crippen molar-refractivity contribution in [2.24, 2.45) is 0 Å². The van der Waals surface area contributed by atoms with Gasteiger partial charge in [0.15, 0.2) is 5.88 Å². The third-order valence-electron chi connectivity index (χ3n) is 2.34. The lowest BCUT2D eigenvalue weighted by Crippen LogP contribution is -2.09. The van der Waals surface area contributed by atoms with Gasteiger partial charge in [-0.15, -0.1) is 0 Å². The molecule has 0 fully saturated rings. The van der Waals surface area contributed by atoms with Crippen LogP contribution in [-0.4, -0.2) is 4.98 Å². The molecule has 0 bridgehead atoms. The molecule has 0 aliphatic carbocycles. The Bertz CT molecular complexity index is 597. The Morgan fingerprint density at radius 2 is 1.85 bits per heavy atom. The van der Waals surface area contributed by atoms with Gasteiger partial charge in [0.25, 0.3) is 0 Å². The Labute approximate surface area is 113 Å². The van der Waals surface area contributed by atoms with Crippen LogP contribution in [0.5, 0.6) is 5.75 Å². The van der Waals surface area contributed by atoms with Crippen molar-refractivity contribution in [3.05, 3.63) is 66.7 Å². The number of benzene rings is 1. The second-order valence-corrected chi connectivity index (χ2v) is 3.89. The number of hydrogen-bond donors (Lipinski definition) is 1. The number of nitrogens with one attached hydrogen (secondary N) is 1. The molecule has 104 valence electrons. The number of anilines is 1. The lowest BCUT2D eigenvalue weighted by atomic mass is 10.2. The lowest BCUT2D eigenvalue weighted by Gasteiger charge is -2.12. The highest BCUT2D eigenvalue weighted by atomic mass is 19.4. The number of alkyl halides is 3. The molecule has 0 radical (unpaired) electrons. The van der Waals surface area contributed by atoms with Gasteiger partial charge >= 0.3 is 6.18 Å². The van der Waals surface area contributed by atoms with E-state index in [4.69, 9.17) is 4.74 Å². The molecule has 0 aliphatic rings. The molecule has 0 saturated heterocycles. The number of halogens is 3. The van der Waals surface area contributed by atoms with Gasteiger partial charge in [0.05, 0.1) is 5.56 Å². The maximum absolute atomic E-state index is 12.5. The lowest BCUT2D eigenvalue weighted by molar-refractivity contribution is -0.137. The zero-order valence-corrected chi connectivity index (χ0v) is 10.3. The van der Waals surface area contributed by atoms with Crippen LogP contribution in [0.4, 0.5) is 19.0 Å². The highest BCUT2D eigenvalue weighted by molar-refractivity contribution is 5.43. The maximum Gasteiger partial charge on any atom is 0.416 e. The Hall–Kier alpha value is -2.50. The monoisotopic (exact) mass is 280 g/mol. The Morgan fingerprint density at radius 1 is 1.15 bits per heavy atom. The van der Waals surface area contributed by atoms with Crippen LogP contribution in [0.3, 0.4) is 0 Å². The Balaban J connectivity index is 2.05. The van der Waals surface area contributed by atoms with E-state index in [9.17, 15) is 13.2 Å². The minimum absolute atomic E-state index is 0.0146. The highest BCUT2D eigenvalue weighted by Crippen LogP contribution is 2.30. The summed E-state index contributed by atoms with van der Waals surface area (Å²) >= 11 is 0. The summed E-state index contributed by atoms with van der Waals surface area (Å²) in [6.07, 6.45) is -3.35. The van der Waals surface area contributed by atoms with Gasteiger partial charge in [-0.2, -0.15) is 13.2 Å². The molecule has 20 heavy (non-hydrogen) atoms. The van der Waals surface area contributed by atoms with Gasteiger partial charge in [-0.25, -0.2) is 4.98 Å². The van der Waals surface area contributed by atoms with Gasteiger partial charge in [-0.3, -0.25) is 0 Å². The first-order valence-electron chi connectivity index (χ1n) is 5.67. The van der Waals surface area contributed by atoms with Crippen molar-refractivity contribution in [2.45, 2.75) is 6.18 Å². The summed E-state index contributed by atoms with van der Waals surface area (Å²) in [6, 6.07) is 10.5. The molecule has 6 heteroatoms. The summed E-state index contributed by atoms with van der Waals surface area (Å²) in [7, 11) is 0. The standard InChI is InChI=1S/C14H11F3N2O/c1-10(20-12-5-3-2-4-6-12)19-13-9-11(7-8-18-13)14(15,16)17/h2-9H,1H2,(H,18,19). The first-order chi connectivity index (χ1) is 9.45. The van der Waals surface area contributed by atoms with Crippen molar-refractivity contribution in [1.82, 2.24) is 4.98 Å². The zero-order chi connectivity index (χ0) is 14.6. The average Bonchev–Trinajstić information content (AvgIpc) is 2.39. The van der Waals surface area contributed by atoms with Crippen LogP contribution in [0.15, 0.2) is 61.1 Å². The smallest absolute Gasteiger partial charge is 0.416 e. The van der Waals surface area contributed by atoms with E-state index in [1.54, 1.807) is 24.3 Å². The van der Waals surface area contributed by atoms with Crippen molar-refractivity contribution < 1.29 is 17.9 Å². The molecule has 2 aromatic rings. The third-order valence-corrected chi connectivity index (χ3v) is 2.34. The third kappa shape index (κ3) is 3.74. The summed E-state index contributed by atoms with van der Waals surface area (Å²) in [5, 5.41) is 2.58. The first-order valence-corrected chi connectivity index (χ1v) is 5.67. The van der Waals surface area contributed by atoms with Crippen molar-refractivity contribution in [2.75, 3.05) is 5.32 Å². The predicted octanol–water partition coefficient (Wildman–Crippen LogP) is 4.06. The fourth-order valence-electron chi connectivity index (χ4n) is 1.47. The average molecular weight is 280 g/mol. The molecule has 1 aromatic carbocycles. The molecule has 0 spiro atoms. The fraction of sp³-hybridized carbons (Fsp3) is 0.0714. The van der Waals surface area contributed by atoms with Crippen molar-refractivity contribution in [3.63, 3.8) is 0 Å². The highest BCUT2D eigenvalue weighted by Gasteiger charge is 2.30. The molecule has 0 amide bonds. The van der Waals surface area contributed by atoms with Crippen molar-refractivity contribution >= 4 is 5.82 Å². The van der Waals surface area contributed by atoms with Gasteiger partial charge in [-0.1, -0.05) is 18.2 Å². The number of pyridine rings is 1. The van der Waals surface area contributed by atoms with Crippen molar-refractivity contribution in [1.29, 1.82) is 0 Å². The molecular weight excluding hydrogens is 269 g/mol. The molecule has 1 heterocycles. The molecule has 2 rings (SSSR count). The van der Waals surface area contributed by atoms with Crippen LogP contribution in [0.25, 0.3) is 0 Å². The molecule has 0 aliphatic heterocycles. The number of ether oxygens (including phenoxy) is 1. The maximum atomic E-state index is 12.5. The molecule has 3 nitrogen and oxygen atoms in total. The summed E-state index contributed by atoms with van der Waals surface area (Å²) < 4.78 is 42.9. The van der Waals surface area contributed by atoms with Gasteiger partial charge in [-0.05, 0) is 30.8 Å². The van der Waals surface area contributed by atoms with Crippen LogP contribution in [0.2, 0.25) is 0 Å². The van der Waals surface area contributed by atoms with E-state index in [2.05, 4.69) is 16.9 Å². The molecule has 0 saturated carbocycles. The Morgan fingerprint density at radius 3 is 2.50 bits per heavy atom. The van der Waals surface area contributed by atoms with E-state index < -0.39 is 11.7 Å². The van der Waals surface area contributed by atoms with E-state index in [0.29, 0.717) is 5.75 Å². The van der Waals surface area contributed by atoms with E-state index in [1.807, 2.05) is 6.07 Å². The van der Waals surface area contributed by atoms with E-state index in [0.717, 1.165) is 18.3 Å².